The molecule has 29 heavy (non-hydrogen) atoms. The van der Waals surface area contributed by atoms with Crippen molar-refractivity contribution in [3.8, 4) is 0 Å². The van der Waals surface area contributed by atoms with Gasteiger partial charge in [-0.1, -0.05) is 19.1 Å². The minimum Gasteiger partial charge on any atom is -0.366 e. The lowest BCUT2D eigenvalue weighted by Gasteiger charge is -2.47. The number of alkyl halides is 3. The Hall–Kier alpha value is -2.29. The van der Waals surface area contributed by atoms with Crippen LogP contribution in [0.15, 0.2) is 24.3 Å². The molecule has 0 aliphatic carbocycles. The van der Waals surface area contributed by atoms with Gasteiger partial charge in [-0.3, -0.25) is 4.79 Å². The highest BCUT2D eigenvalue weighted by Gasteiger charge is 2.41. The van der Waals surface area contributed by atoms with E-state index in [9.17, 15) is 22.8 Å². The molecule has 0 radical (unpaired) electrons. The first-order valence-corrected chi connectivity index (χ1v) is 9.84. The first-order chi connectivity index (χ1) is 13.7. The molecule has 0 spiro atoms. The van der Waals surface area contributed by atoms with Gasteiger partial charge in [-0.2, -0.15) is 13.2 Å². The predicted octanol–water partition coefficient (Wildman–Crippen LogP) is 2.45. The maximum Gasteiger partial charge on any atom is 0.416 e. The molecule has 4 rings (SSSR count). The summed E-state index contributed by atoms with van der Waals surface area (Å²) < 4.78 is 43.7. The number of piperidine rings is 1. The maximum absolute atomic E-state index is 12.8. The van der Waals surface area contributed by atoms with Gasteiger partial charge in [-0.25, -0.2) is 4.79 Å². The molecule has 1 aromatic rings. The molecule has 3 fully saturated rings. The average molecular weight is 411 g/mol. The highest BCUT2D eigenvalue weighted by atomic mass is 19.4. The van der Waals surface area contributed by atoms with E-state index in [1.807, 2.05) is 6.92 Å². The SMILES string of the molecule is CC(c1ccc(C(F)(F)F)cc1)C1CN(C(=O)N2CC[C@@H]3OCC(=O)N[C@@H]3C2)C1. The molecule has 158 valence electrons. The zero-order valence-corrected chi connectivity index (χ0v) is 16.1. The second-order valence-electron chi connectivity index (χ2n) is 8.11. The van der Waals surface area contributed by atoms with Crippen molar-refractivity contribution in [1.29, 1.82) is 0 Å². The van der Waals surface area contributed by atoms with Crippen LogP contribution in [0, 0.1) is 5.92 Å². The molecular weight excluding hydrogens is 387 g/mol. The summed E-state index contributed by atoms with van der Waals surface area (Å²) in [5.41, 5.74) is 0.194. The molecule has 3 saturated heterocycles. The van der Waals surface area contributed by atoms with E-state index in [2.05, 4.69) is 5.32 Å². The second-order valence-corrected chi connectivity index (χ2v) is 8.11. The number of urea groups is 1. The number of amides is 3. The van der Waals surface area contributed by atoms with E-state index in [1.54, 1.807) is 9.80 Å². The number of halogens is 3. The number of fused-ring (bicyclic) bond motifs is 1. The quantitative estimate of drug-likeness (QED) is 0.813. The van der Waals surface area contributed by atoms with Gasteiger partial charge in [0.05, 0.1) is 17.7 Å². The van der Waals surface area contributed by atoms with Crippen molar-refractivity contribution in [1.82, 2.24) is 15.1 Å². The van der Waals surface area contributed by atoms with E-state index < -0.39 is 11.7 Å². The molecule has 3 aliphatic rings. The topological polar surface area (TPSA) is 61.9 Å². The van der Waals surface area contributed by atoms with Crippen molar-refractivity contribution < 1.29 is 27.5 Å². The first-order valence-electron chi connectivity index (χ1n) is 9.84. The monoisotopic (exact) mass is 411 g/mol. The number of benzene rings is 1. The summed E-state index contributed by atoms with van der Waals surface area (Å²) in [6, 6.07) is 5.04. The molecule has 0 saturated carbocycles. The lowest BCUT2D eigenvalue weighted by atomic mass is 9.82. The van der Waals surface area contributed by atoms with Crippen LogP contribution in [0.4, 0.5) is 18.0 Å². The van der Waals surface area contributed by atoms with Crippen molar-refractivity contribution in [2.75, 3.05) is 32.8 Å². The van der Waals surface area contributed by atoms with Crippen molar-refractivity contribution in [3.63, 3.8) is 0 Å². The molecule has 3 aliphatic heterocycles. The number of nitrogens with zero attached hydrogens (tertiary/aromatic N) is 2. The standard InChI is InChI=1S/C20H24F3N3O3/c1-12(13-2-4-15(5-3-13)20(21,22)23)14-8-26(9-14)19(28)25-7-6-17-16(10-25)24-18(27)11-29-17/h2-5,12,14,16-17H,6-11H2,1H3,(H,24,27)/t12?,16-,17+/m1/s1. The minimum absolute atomic E-state index is 0.0411. The number of ether oxygens (including phenoxy) is 1. The van der Waals surface area contributed by atoms with Crippen LogP contribution < -0.4 is 5.32 Å². The van der Waals surface area contributed by atoms with Gasteiger partial charge in [0.15, 0.2) is 0 Å². The smallest absolute Gasteiger partial charge is 0.366 e. The third-order valence-electron chi connectivity index (χ3n) is 6.25. The third kappa shape index (κ3) is 4.05. The van der Waals surface area contributed by atoms with Crippen LogP contribution in [0.3, 0.4) is 0 Å². The number of likely N-dealkylation sites (tertiary alicyclic amines) is 2. The summed E-state index contributed by atoms with van der Waals surface area (Å²) in [5, 5.41) is 2.89. The van der Waals surface area contributed by atoms with Crippen molar-refractivity contribution in [2.24, 2.45) is 5.92 Å². The van der Waals surface area contributed by atoms with Gasteiger partial charge in [0.2, 0.25) is 5.91 Å². The van der Waals surface area contributed by atoms with Crippen LogP contribution >= 0.6 is 0 Å². The fourth-order valence-electron chi connectivity index (χ4n) is 4.31. The average Bonchev–Trinajstić information content (AvgIpc) is 2.65. The molecule has 3 amide bonds. The highest BCUT2D eigenvalue weighted by molar-refractivity contribution is 5.79. The molecule has 1 unspecified atom stereocenters. The summed E-state index contributed by atoms with van der Waals surface area (Å²) >= 11 is 0. The molecule has 1 N–H and O–H groups in total. The number of hydrogen-bond donors (Lipinski definition) is 1. The zero-order chi connectivity index (χ0) is 20.8. The van der Waals surface area contributed by atoms with Gasteiger partial charge >= 0.3 is 12.2 Å². The molecule has 3 atom stereocenters. The summed E-state index contributed by atoms with van der Waals surface area (Å²) in [5.74, 6) is 0.124. The summed E-state index contributed by atoms with van der Waals surface area (Å²) in [7, 11) is 0. The predicted molar refractivity (Wildman–Crippen MR) is 98.2 cm³/mol. The third-order valence-corrected chi connectivity index (χ3v) is 6.25. The summed E-state index contributed by atoms with van der Waals surface area (Å²) in [6.45, 7) is 4.24. The number of morpholine rings is 1. The lowest BCUT2D eigenvalue weighted by molar-refractivity contribution is -0.140. The normalized spacial score (nSPS) is 26.4. The van der Waals surface area contributed by atoms with E-state index in [-0.39, 0.29) is 42.5 Å². The van der Waals surface area contributed by atoms with E-state index in [4.69, 9.17) is 4.74 Å². The second kappa shape index (κ2) is 7.51. The van der Waals surface area contributed by atoms with Gasteiger partial charge in [0.25, 0.3) is 0 Å². The van der Waals surface area contributed by atoms with Crippen LogP contribution in [0.25, 0.3) is 0 Å². The minimum atomic E-state index is -4.34. The molecule has 0 bridgehead atoms. The Morgan fingerprint density at radius 3 is 2.52 bits per heavy atom. The Morgan fingerprint density at radius 1 is 1.17 bits per heavy atom. The van der Waals surface area contributed by atoms with Crippen LogP contribution in [-0.4, -0.2) is 66.7 Å². The highest BCUT2D eigenvalue weighted by Crippen LogP contribution is 2.35. The van der Waals surface area contributed by atoms with Crippen LogP contribution in [0.1, 0.15) is 30.4 Å². The maximum atomic E-state index is 12.8. The Labute approximate surface area is 167 Å². The van der Waals surface area contributed by atoms with Crippen LogP contribution in [0.2, 0.25) is 0 Å². The Bertz CT molecular complexity index is 777. The van der Waals surface area contributed by atoms with Gasteiger partial charge in [0, 0.05) is 32.1 Å². The van der Waals surface area contributed by atoms with Gasteiger partial charge in [-0.05, 0) is 30.0 Å². The summed E-state index contributed by atoms with van der Waals surface area (Å²) in [6.07, 6.45) is -3.69. The van der Waals surface area contributed by atoms with E-state index >= 15 is 0 Å². The van der Waals surface area contributed by atoms with Gasteiger partial charge in [-0.15, -0.1) is 0 Å². The number of carbonyl (C=O) groups is 2. The number of nitrogens with one attached hydrogen (secondary N) is 1. The number of hydrogen-bond acceptors (Lipinski definition) is 3. The Kier molecular flexibility index (Phi) is 5.18. The zero-order valence-electron chi connectivity index (χ0n) is 16.1. The van der Waals surface area contributed by atoms with Crippen LogP contribution in [0.5, 0.6) is 0 Å². The number of carbonyl (C=O) groups excluding carboxylic acids is 2. The Balaban J connectivity index is 1.30. The molecule has 9 heteroatoms. The van der Waals surface area contributed by atoms with Crippen molar-refractivity contribution >= 4 is 11.9 Å². The molecule has 1 aromatic carbocycles. The largest absolute Gasteiger partial charge is 0.416 e. The first kappa shape index (κ1) is 20.0. The van der Waals surface area contributed by atoms with Crippen molar-refractivity contribution in [3.05, 3.63) is 35.4 Å². The molecular formula is C20H24F3N3O3. The van der Waals surface area contributed by atoms with E-state index in [0.29, 0.717) is 32.6 Å². The van der Waals surface area contributed by atoms with Crippen molar-refractivity contribution in [2.45, 2.75) is 37.6 Å². The number of rotatable bonds is 2. The Morgan fingerprint density at radius 2 is 1.86 bits per heavy atom. The fraction of sp³-hybridized carbons (Fsp3) is 0.600. The fourth-order valence-corrected chi connectivity index (χ4v) is 4.31. The summed E-state index contributed by atoms with van der Waals surface area (Å²) in [4.78, 5) is 27.8. The lowest BCUT2D eigenvalue weighted by Crippen LogP contribution is -2.64. The van der Waals surface area contributed by atoms with Gasteiger partial charge in [0.1, 0.15) is 6.61 Å². The van der Waals surface area contributed by atoms with Gasteiger partial charge < -0.3 is 19.9 Å². The molecule has 3 heterocycles. The van der Waals surface area contributed by atoms with Crippen LogP contribution in [-0.2, 0) is 15.7 Å². The molecule has 0 aromatic heterocycles. The molecule has 6 nitrogen and oxygen atoms in total. The van der Waals surface area contributed by atoms with E-state index in [0.717, 1.165) is 17.7 Å². The van der Waals surface area contributed by atoms with E-state index in [1.165, 1.54) is 12.1 Å².